The smallest absolute Gasteiger partial charge is 0.247 e. The van der Waals surface area contributed by atoms with Crippen LogP contribution in [0.1, 0.15) is 30.6 Å². The molecular weight excluding hydrogens is 330 g/mol. The molecule has 2 aromatic heterocycles. The Morgan fingerprint density at radius 2 is 1.96 bits per heavy atom. The number of rotatable bonds is 6. The molecule has 0 saturated carbocycles. The number of thioether (sulfide) groups is 1. The van der Waals surface area contributed by atoms with Crippen LogP contribution in [0, 0.1) is 6.92 Å². The number of nitrogens with one attached hydrogen (secondary N) is 1. The topological polar surface area (TPSA) is 76.7 Å². The van der Waals surface area contributed by atoms with Crippen LogP contribution in [0.3, 0.4) is 0 Å². The number of hydrogen-bond donors (Lipinski definition) is 1. The Labute approximate surface area is 142 Å². The van der Waals surface area contributed by atoms with Crippen molar-refractivity contribution in [3.63, 3.8) is 0 Å². The van der Waals surface area contributed by atoms with Gasteiger partial charge in [-0.05, 0) is 32.9 Å². The molecule has 0 aliphatic rings. The van der Waals surface area contributed by atoms with Crippen LogP contribution in [0.25, 0.3) is 11.5 Å². The lowest BCUT2D eigenvalue weighted by Gasteiger charge is -2.02. The molecule has 0 fully saturated rings. The molecule has 1 aromatic carbocycles. The van der Waals surface area contributed by atoms with Gasteiger partial charge >= 0.3 is 0 Å². The molecular formula is C15H17N5OS2. The summed E-state index contributed by atoms with van der Waals surface area (Å²) in [5.41, 5.74) is 2.13. The van der Waals surface area contributed by atoms with E-state index in [0.29, 0.717) is 11.8 Å². The van der Waals surface area contributed by atoms with Crippen LogP contribution in [-0.4, -0.2) is 26.9 Å². The highest BCUT2D eigenvalue weighted by atomic mass is 32.2. The second kappa shape index (κ2) is 7.10. The van der Waals surface area contributed by atoms with Gasteiger partial charge in [0, 0.05) is 12.1 Å². The molecule has 0 amide bonds. The van der Waals surface area contributed by atoms with Crippen LogP contribution in [0.15, 0.2) is 33.0 Å². The SMILES string of the molecule is CCNc1nnc(S[C@H](C)c2nnc(-c3ccc(C)cc3)o2)s1. The molecule has 0 aliphatic carbocycles. The number of hydrogen-bond acceptors (Lipinski definition) is 8. The minimum Gasteiger partial charge on any atom is -0.419 e. The summed E-state index contributed by atoms with van der Waals surface area (Å²) >= 11 is 3.09. The fourth-order valence-corrected chi connectivity index (χ4v) is 3.89. The third-order valence-corrected chi connectivity index (χ3v) is 5.15. The van der Waals surface area contributed by atoms with Crippen molar-refractivity contribution in [1.29, 1.82) is 0 Å². The number of aromatic nitrogens is 4. The second-order valence-electron chi connectivity index (χ2n) is 4.98. The summed E-state index contributed by atoms with van der Waals surface area (Å²) in [6.07, 6.45) is 0. The highest BCUT2D eigenvalue weighted by Crippen LogP contribution is 2.37. The summed E-state index contributed by atoms with van der Waals surface area (Å²) in [6.45, 7) is 6.93. The first-order valence-corrected chi connectivity index (χ1v) is 8.99. The highest BCUT2D eigenvalue weighted by Gasteiger charge is 2.18. The minimum absolute atomic E-state index is 0.0177. The Morgan fingerprint density at radius 1 is 1.17 bits per heavy atom. The van der Waals surface area contributed by atoms with Crippen molar-refractivity contribution in [2.75, 3.05) is 11.9 Å². The fraction of sp³-hybridized carbons (Fsp3) is 0.333. The number of anilines is 1. The predicted molar refractivity (Wildman–Crippen MR) is 92.8 cm³/mol. The molecule has 0 saturated heterocycles. The lowest BCUT2D eigenvalue weighted by molar-refractivity contribution is 0.509. The molecule has 6 nitrogen and oxygen atoms in total. The van der Waals surface area contributed by atoms with E-state index in [1.165, 1.54) is 16.9 Å². The van der Waals surface area contributed by atoms with Crippen molar-refractivity contribution < 1.29 is 4.42 Å². The van der Waals surface area contributed by atoms with E-state index < -0.39 is 0 Å². The average molecular weight is 347 g/mol. The summed E-state index contributed by atoms with van der Waals surface area (Å²) in [7, 11) is 0. The third-order valence-electron chi connectivity index (χ3n) is 3.10. The van der Waals surface area contributed by atoms with Crippen LogP contribution >= 0.6 is 23.1 Å². The molecule has 23 heavy (non-hydrogen) atoms. The first-order valence-electron chi connectivity index (χ1n) is 7.30. The molecule has 8 heteroatoms. The summed E-state index contributed by atoms with van der Waals surface area (Å²) < 4.78 is 6.67. The first-order chi connectivity index (χ1) is 11.2. The maximum Gasteiger partial charge on any atom is 0.247 e. The van der Waals surface area contributed by atoms with Gasteiger partial charge in [-0.3, -0.25) is 0 Å². The average Bonchev–Trinajstić information content (AvgIpc) is 3.18. The Morgan fingerprint density at radius 3 is 2.70 bits per heavy atom. The fourth-order valence-electron chi connectivity index (χ4n) is 1.89. The van der Waals surface area contributed by atoms with E-state index in [9.17, 15) is 0 Å². The zero-order chi connectivity index (χ0) is 16.2. The van der Waals surface area contributed by atoms with Gasteiger partial charge in [-0.15, -0.1) is 20.4 Å². The van der Waals surface area contributed by atoms with E-state index in [1.807, 2.05) is 45.0 Å². The standard InChI is InChI=1S/C15H17N5OS2/c1-4-16-14-19-20-15(23-14)22-10(3)12-17-18-13(21-12)11-7-5-9(2)6-8-11/h5-8,10H,4H2,1-3H3,(H,16,19)/t10-/m1/s1. The largest absolute Gasteiger partial charge is 0.419 e. The van der Waals surface area contributed by atoms with E-state index in [-0.39, 0.29) is 5.25 Å². The van der Waals surface area contributed by atoms with Gasteiger partial charge in [-0.2, -0.15) is 0 Å². The van der Waals surface area contributed by atoms with E-state index in [0.717, 1.165) is 21.6 Å². The maximum atomic E-state index is 5.80. The summed E-state index contributed by atoms with van der Waals surface area (Å²) in [5.74, 6) is 1.13. The molecule has 2 heterocycles. The molecule has 0 unspecified atom stereocenters. The quantitative estimate of drug-likeness (QED) is 0.670. The number of benzene rings is 1. The van der Waals surface area contributed by atoms with Gasteiger partial charge in [0.25, 0.3) is 0 Å². The lowest BCUT2D eigenvalue weighted by atomic mass is 10.1. The van der Waals surface area contributed by atoms with Gasteiger partial charge in [0.15, 0.2) is 4.34 Å². The van der Waals surface area contributed by atoms with E-state index in [4.69, 9.17) is 4.42 Å². The Hall–Kier alpha value is -1.93. The summed E-state index contributed by atoms with van der Waals surface area (Å²) in [6, 6.07) is 8.03. The predicted octanol–water partition coefficient (Wildman–Crippen LogP) is 4.18. The Kier molecular flexibility index (Phi) is 4.92. The van der Waals surface area contributed by atoms with Crippen molar-refractivity contribution in [2.45, 2.75) is 30.4 Å². The molecule has 0 radical (unpaired) electrons. The highest BCUT2D eigenvalue weighted by molar-refractivity contribution is 8.01. The summed E-state index contributed by atoms with van der Waals surface area (Å²) in [4.78, 5) is 0. The van der Waals surface area contributed by atoms with Gasteiger partial charge in [0.1, 0.15) is 0 Å². The van der Waals surface area contributed by atoms with E-state index in [2.05, 4.69) is 25.7 Å². The molecule has 1 N–H and O–H groups in total. The molecule has 3 aromatic rings. The molecule has 1 atom stereocenters. The lowest BCUT2D eigenvalue weighted by Crippen LogP contribution is -1.94. The Bertz CT molecular complexity index is 768. The van der Waals surface area contributed by atoms with Gasteiger partial charge in [-0.1, -0.05) is 40.8 Å². The molecule has 0 spiro atoms. The maximum absolute atomic E-state index is 5.80. The van der Waals surface area contributed by atoms with Gasteiger partial charge in [0.05, 0.1) is 5.25 Å². The Balaban J connectivity index is 1.70. The van der Waals surface area contributed by atoms with Crippen molar-refractivity contribution in [3.8, 4) is 11.5 Å². The normalized spacial score (nSPS) is 12.3. The molecule has 0 aliphatic heterocycles. The monoisotopic (exact) mass is 347 g/mol. The van der Waals surface area contributed by atoms with Crippen LogP contribution in [0.5, 0.6) is 0 Å². The zero-order valence-electron chi connectivity index (χ0n) is 13.1. The van der Waals surface area contributed by atoms with Crippen LogP contribution in [0.2, 0.25) is 0 Å². The summed E-state index contributed by atoms with van der Waals surface area (Å²) in [5, 5.41) is 20.5. The van der Waals surface area contributed by atoms with Crippen molar-refractivity contribution in [1.82, 2.24) is 20.4 Å². The molecule has 120 valence electrons. The number of aryl methyl sites for hydroxylation is 1. The van der Waals surface area contributed by atoms with Crippen LogP contribution in [-0.2, 0) is 0 Å². The van der Waals surface area contributed by atoms with Crippen LogP contribution in [0.4, 0.5) is 5.13 Å². The van der Waals surface area contributed by atoms with Gasteiger partial charge in [0.2, 0.25) is 16.9 Å². The molecule has 3 rings (SSSR count). The first kappa shape index (κ1) is 15.9. The van der Waals surface area contributed by atoms with Crippen molar-refractivity contribution in [3.05, 3.63) is 35.7 Å². The van der Waals surface area contributed by atoms with Crippen molar-refractivity contribution in [2.24, 2.45) is 0 Å². The van der Waals surface area contributed by atoms with E-state index >= 15 is 0 Å². The number of nitrogens with zero attached hydrogens (tertiary/aromatic N) is 4. The van der Waals surface area contributed by atoms with Gasteiger partial charge < -0.3 is 9.73 Å². The third kappa shape index (κ3) is 3.89. The van der Waals surface area contributed by atoms with E-state index in [1.54, 1.807) is 11.8 Å². The zero-order valence-corrected chi connectivity index (χ0v) is 14.7. The second-order valence-corrected chi connectivity index (χ2v) is 7.54. The van der Waals surface area contributed by atoms with Crippen LogP contribution < -0.4 is 5.32 Å². The van der Waals surface area contributed by atoms with Crippen molar-refractivity contribution >= 4 is 28.2 Å². The minimum atomic E-state index is 0.0177. The van der Waals surface area contributed by atoms with Gasteiger partial charge in [-0.25, -0.2) is 0 Å². The molecule has 0 bridgehead atoms.